The minimum atomic E-state index is 0.00689. The van der Waals surface area contributed by atoms with E-state index in [1.54, 1.807) is 0 Å². The summed E-state index contributed by atoms with van der Waals surface area (Å²) in [6.07, 6.45) is 0. The molecule has 16 heavy (non-hydrogen) atoms. The second-order valence-corrected chi connectivity index (χ2v) is 4.82. The normalized spacial score (nSPS) is 11.6. The van der Waals surface area contributed by atoms with Gasteiger partial charge in [-0.2, -0.15) is 0 Å². The third-order valence-electron chi connectivity index (χ3n) is 2.22. The fourth-order valence-corrected chi connectivity index (χ4v) is 2.15. The molecule has 0 saturated carbocycles. The Morgan fingerprint density at radius 3 is 2.50 bits per heavy atom. The van der Waals surface area contributed by atoms with Gasteiger partial charge in [-0.25, -0.2) is 0 Å². The Bertz CT molecular complexity index is 565. The first kappa shape index (κ1) is 11.8. The summed E-state index contributed by atoms with van der Waals surface area (Å²) in [7, 11) is 0. The van der Waals surface area contributed by atoms with Gasteiger partial charge in [0.05, 0.1) is 15.3 Å². The highest BCUT2D eigenvalue weighted by atomic mass is 35.5. The van der Waals surface area contributed by atoms with Crippen LogP contribution in [0.4, 0.5) is 0 Å². The lowest BCUT2D eigenvalue weighted by Crippen LogP contribution is -2.29. The summed E-state index contributed by atoms with van der Waals surface area (Å²) in [5, 5.41) is 16.1. The first-order valence-corrected chi connectivity index (χ1v) is 5.72. The molecule has 1 aromatic heterocycles. The van der Waals surface area contributed by atoms with Crippen molar-refractivity contribution in [1.29, 1.82) is 0 Å². The Labute approximate surface area is 107 Å². The highest BCUT2D eigenvalue weighted by Crippen LogP contribution is 2.36. The lowest BCUT2D eigenvalue weighted by atomic mass is 10.3. The van der Waals surface area contributed by atoms with Crippen molar-refractivity contribution in [1.82, 2.24) is 9.90 Å². The topological polar surface area (TPSA) is 44.8 Å². The van der Waals surface area contributed by atoms with Gasteiger partial charge in [0.15, 0.2) is 0 Å². The van der Waals surface area contributed by atoms with E-state index >= 15 is 0 Å². The first-order valence-electron chi connectivity index (χ1n) is 4.59. The van der Waals surface area contributed by atoms with E-state index in [-0.39, 0.29) is 21.1 Å². The van der Waals surface area contributed by atoms with Crippen LogP contribution in [0.5, 0.6) is 0 Å². The van der Waals surface area contributed by atoms with Crippen LogP contribution in [0.15, 0.2) is 6.07 Å². The highest BCUT2D eigenvalue weighted by Gasteiger charge is 2.23. The number of benzene rings is 1. The lowest BCUT2D eigenvalue weighted by molar-refractivity contribution is -0.646. The van der Waals surface area contributed by atoms with Gasteiger partial charge in [-0.15, -0.1) is 9.53 Å². The molecule has 2 rings (SSSR count). The van der Waals surface area contributed by atoms with Crippen molar-refractivity contribution in [3.8, 4) is 0 Å². The van der Waals surface area contributed by atoms with Crippen LogP contribution in [0.3, 0.4) is 0 Å². The molecule has 4 nitrogen and oxygen atoms in total. The van der Waals surface area contributed by atoms with Crippen molar-refractivity contribution >= 4 is 45.8 Å². The number of nitrogens with zero attached hydrogens (tertiary/aromatic N) is 3. The third kappa shape index (κ3) is 1.61. The van der Waals surface area contributed by atoms with Gasteiger partial charge in [0, 0.05) is 6.07 Å². The van der Waals surface area contributed by atoms with E-state index in [0.717, 1.165) is 0 Å². The maximum atomic E-state index is 11.5. The maximum Gasteiger partial charge on any atom is 0.219 e. The SMILES string of the molecule is CC(C)n1n[n+]([O-])c2cc(Cl)c(Cl)c(Cl)c21. The third-order valence-corrected chi connectivity index (χ3v) is 3.47. The molecule has 2 aromatic rings. The zero-order valence-electron chi connectivity index (χ0n) is 8.54. The molecule has 7 heteroatoms. The predicted molar refractivity (Wildman–Crippen MR) is 64.1 cm³/mol. The van der Waals surface area contributed by atoms with Crippen molar-refractivity contribution in [2.75, 3.05) is 0 Å². The summed E-state index contributed by atoms with van der Waals surface area (Å²) >= 11 is 17.8. The lowest BCUT2D eigenvalue weighted by Gasteiger charge is -2.01. The number of rotatable bonds is 1. The van der Waals surface area contributed by atoms with E-state index in [0.29, 0.717) is 15.9 Å². The van der Waals surface area contributed by atoms with Crippen LogP contribution in [0.2, 0.25) is 15.1 Å². The summed E-state index contributed by atoms with van der Waals surface area (Å²) in [5.41, 5.74) is 0.814. The second kappa shape index (κ2) is 3.95. The van der Waals surface area contributed by atoms with E-state index in [1.165, 1.54) is 10.7 Å². The van der Waals surface area contributed by atoms with Gasteiger partial charge in [0.1, 0.15) is 11.1 Å². The van der Waals surface area contributed by atoms with Gasteiger partial charge in [-0.3, -0.25) is 0 Å². The Morgan fingerprint density at radius 1 is 1.31 bits per heavy atom. The number of fused-ring (bicyclic) bond motifs is 1. The molecule has 0 aliphatic heterocycles. The fraction of sp³-hybridized carbons (Fsp3) is 0.333. The van der Waals surface area contributed by atoms with Crippen LogP contribution < -0.4 is 4.85 Å². The molecule has 86 valence electrons. The van der Waals surface area contributed by atoms with Crippen molar-refractivity contribution in [3.63, 3.8) is 0 Å². The van der Waals surface area contributed by atoms with Gasteiger partial charge < -0.3 is 5.21 Å². The molecule has 0 spiro atoms. The van der Waals surface area contributed by atoms with Gasteiger partial charge in [0.25, 0.3) is 0 Å². The molecule has 0 fully saturated rings. The smallest absolute Gasteiger partial charge is 0.219 e. The summed E-state index contributed by atoms with van der Waals surface area (Å²) in [5.74, 6) is 0. The summed E-state index contributed by atoms with van der Waals surface area (Å²) in [6.45, 7) is 3.79. The average Bonchev–Trinajstić information content (AvgIpc) is 2.53. The maximum absolute atomic E-state index is 11.5. The van der Waals surface area contributed by atoms with E-state index < -0.39 is 0 Å². The zero-order valence-corrected chi connectivity index (χ0v) is 10.8. The molecule has 0 unspecified atom stereocenters. The number of aromatic nitrogens is 3. The highest BCUT2D eigenvalue weighted by molar-refractivity contribution is 6.50. The zero-order chi connectivity index (χ0) is 12.0. The molecule has 0 radical (unpaired) electrons. The molecule has 0 amide bonds. The van der Waals surface area contributed by atoms with Crippen molar-refractivity contribution in [2.24, 2.45) is 0 Å². The molecule has 0 bridgehead atoms. The van der Waals surface area contributed by atoms with Crippen LogP contribution >= 0.6 is 34.8 Å². The average molecular weight is 281 g/mol. The van der Waals surface area contributed by atoms with Gasteiger partial charge in [-0.05, 0) is 13.8 Å². The Kier molecular flexibility index (Phi) is 2.90. The summed E-state index contributed by atoms with van der Waals surface area (Å²) < 4.78 is 1.52. The van der Waals surface area contributed by atoms with Crippen LogP contribution in [-0.4, -0.2) is 9.90 Å². The Hall–Kier alpha value is -0.710. The standard InChI is InChI=1S/C9H8Cl3N3O/c1-4(2)14-9-6(15(16)13-14)3-5(10)7(11)8(9)12/h3-4H,1-2H3. The molecular formula is C9H8Cl3N3O. The van der Waals surface area contributed by atoms with Crippen LogP contribution in [0, 0.1) is 5.21 Å². The van der Waals surface area contributed by atoms with Crippen molar-refractivity contribution in [2.45, 2.75) is 19.9 Å². The summed E-state index contributed by atoms with van der Waals surface area (Å²) in [4.78, 5) is 0.490. The summed E-state index contributed by atoms with van der Waals surface area (Å²) in [6, 6.07) is 1.47. The molecule has 0 saturated heterocycles. The van der Waals surface area contributed by atoms with E-state index in [1.807, 2.05) is 13.8 Å². The van der Waals surface area contributed by atoms with Crippen LogP contribution in [-0.2, 0) is 0 Å². The molecule has 1 aromatic carbocycles. The molecular weight excluding hydrogens is 272 g/mol. The van der Waals surface area contributed by atoms with Crippen molar-refractivity contribution < 1.29 is 4.85 Å². The van der Waals surface area contributed by atoms with Crippen LogP contribution in [0.1, 0.15) is 19.9 Å². The van der Waals surface area contributed by atoms with Gasteiger partial charge >= 0.3 is 0 Å². The van der Waals surface area contributed by atoms with Crippen molar-refractivity contribution in [3.05, 3.63) is 26.3 Å². The van der Waals surface area contributed by atoms with Crippen LogP contribution in [0.25, 0.3) is 11.0 Å². The van der Waals surface area contributed by atoms with E-state index in [9.17, 15) is 5.21 Å². The van der Waals surface area contributed by atoms with Gasteiger partial charge in [0.2, 0.25) is 11.0 Å². The van der Waals surface area contributed by atoms with E-state index in [2.05, 4.69) is 5.21 Å². The number of hydrogen-bond acceptors (Lipinski definition) is 2. The van der Waals surface area contributed by atoms with Gasteiger partial charge in [-0.1, -0.05) is 34.8 Å². The Morgan fingerprint density at radius 2 is 1.94 bits per heavy atom. The Balaban J connectivity index is 2.93. The molecule has 0 atom stereocenters. The number of halogens is 3. The minimum Gasteiger partial charge on any atom is -0.691 e. The monoisotopic (exact) mass is 279 g/mol. The largest absolute Gasteiger partial charge is 0.691 e. The first-order chi connectivity index (χ1) is 7.43. The molecule has 1 heterocycles. The molecule has 0 N–H and O–H groups in total. The number of hydrogen-bond donors (Lipinski definition) is 0. The minimum absolute atomic E-state index is 0.00689. The quantitative estimate of drug-likeness (QED) is 0.457. The molecule has 0 aliphatic carbocycles. The predicted octanol–water partition coefficient (Wildman–Crippen LogP) is 3.21. The fourth-order valence-electron chi connectivity index (χ4n) is 1.48. The van der Waals surface area contributed by atoms with E-state index in [4.69, 9.17) is 34.8 Å². The second-order valence-electron chi connectivity index (χ2n) is 3.65. The molecule has 0 aliphatic rings.